The molecule has 2 N–H and O–H groups in total. The Kier molecular flexibility index (Phi) is 5.62. The number of halogens is 1. The van der Waals surface area contributed by atoms with Crippen LogP contribution < -0.4 is 10.6 Å². The summed E-state index contributed by atoms with van der Waals surface area (Å²) >= 11 is 0. The molecule has 2 rings (SSSR count). The number of carbonyl (C=O) groups excluding carboxylic acids is 4. The Morgan fingerprint density at radius 3 is 2.75 bits per heavy atom. The topological polar surface area (TPSA) is 95.6 Å². The van der Waals surface area contributed by atoms with Crippen LogP contribution >= 0.6 is 0 Å². The number of nitrogens with zero attached hydrogens (tertiary/aromatic N) is 1. The van der Waals surface area contributed by atoms with Crippen LogP contribution in [-0.2, 0) is 14.4 Å². The maximum absolute atomic E-state index is 13.9. The van der Waals surface area contributed by atoms with E-state index in [2.05, 4.69) is 10.6 Å². The molecule has 1 heterocycles. The lowest BCUT2D eigenvalue weighted by atomic mass is 10.1. The van der Waals surface area contributed by atoms with Crippen LogP contribution in [0.15, 0.2) is 18.2 Å². The summed E-state index contributed by atoms with van der Waals surface area (Å²) in [5, 5.41) is 4.75. The third-order valence-electron chi connectivity index (χ3n) is 3.71. The van der Waals surface area contributed by atoms with Gasteiger partial charge in [0.15, 0.2) is 0 Å². The number of rotatable bonds is 5. The van der Waals surface area contributed by atoms with Gasteiger partial charge < -0.3 is 20.3 Å². The minimum absolute atomic E-state index is 0.231. The molecule has 0 bridgehead atoms. The number of aldehydes is 1. The molecule has 8 heteroatoms. The highest BCUT2D eigenvalue weighted by atomic mass is 19.1. The first-order valence-electron chi connectivity index (χ1n) is 7.52. The van der Waals surface area contributed by atoms with E-state index in [-0.39, 0.29) is 29.6 Å². The molecule has 128 valence electrons. The van der Waals surface area contributed by atoms with Gasteiger partial charge in [-0.05, 0) is 31.0 Å². The zero-order valence-electron chi connectivity index (χ0n) is 13.2. The van der Waals surface area contributed by atoms with E-state index >= 15 is 0 Å². The molecule has 0 aliphatic carbocycles. The maximum Gasteiger partial charge on any atom is 0.254 e. The maximum atomic E-state index is 13.9. The van der Waals surface area contributed by atoms with Gasteiger partial charge in [-0.15, -0.1) is 0 Å². The number of carbonyl (C=O) groups is 4. The van der Waals surface area contributed by atoms with Crippen molar-refractivity contribution in [2.45, 2.75) is 25.8 Å². The lowest BCUT2D eigenvalue weighted by Gasteiger charge is -2.20. The Hall–Kier alpha value is -2.77. The van der Waals surface area contributed by atoms with Gasteiger partial charge in [-0.1, -0.05) is 0 Å². The van der Waals surface area contributed by atoms with Crippen LogP contribution in [0.1, 0.15) is 30.1 Å². The first kappa shape index (κ1) is 17.6. The Labute approximate surface area is 138 Å². The zero-order chi connectivity index (χ0) is 17.7. The van der Waals surface area contributed by atoms with Gasteiger partial charge in [0.2, 0.25) is 11.8 Å². The molecule has 0 spiro atoms. The average Bonchev–Trinajstić information content (AvgIpc) is 3.00. The van der Waals surface area contributed by atoms with E-state index in [4.69, 9.17) is 0 Å². The van der Waals surface area contributed by atoms with Crippen LogP contribution in [0.5, 0.6) is 0 Å². The molecule has 7 nitrogen and oxygen atoms in total. The van der Waals surface area contributed by atoms with Crippen LogP contribution in [0, 0.1) is 5.82 Å². The molecular weight excluding hydrogens is 317 g/mol. The molecular formula is C16H18FN3O4. The Morgan fingerprint density at radius 2 is 2.12 bits per heavy atom. The van der Waals surface area contributed by atoms with Crippen molar-refractivity contribution in [2.24, 2.45) is 0 Å². The molecule has 1 fully saturated rings. The number of anilines is 1. The third kappa shape index (κ3) is 4.15. The first-order valence-corrected chi connectivity index (χ1v) is 7.52. The summed E-state index contributed by atoms with van der Waals surface area (Å²) in [6, 6.07) is 3.19. The Bertz CT molecular complexity index is 677. The molecule has 1 aliphatic heterocycles. The molecule has 1 saturated heterocycles. The van der Waals surface area contributed by atoms with Gasteiger partial charge in [0.05, 0.1) is 18.2 Å². The molecule has 0 aromatic heterocycles. The van der Waals surface area contributed by atoms with E-state index in [1.54, 1.807) is 0 Å². The highest BCUT2D eigenvalue weighted by Gasteiger charge is 2.28. The standard InChI is InChI=1S/C16H18FN3O4/c1-10(22)19-11-4-5-13(14(17)7-11)16(24)18-8-15(23)20-6-2-3-12(20)9-21/h4-5,7,9,12H,2-3,6,8H2,1H3,(H,18,24)(H,19,22)/t12-/m0/s1. The molecule has 24 heavy (non-hydrogen) atoms. The highest BCUT2D eigenvalue weighted by Crippen LogP contribution is 2.16. The summed E-state index contributed by atoms with van der Waals surface area (Å²) in [7, 11) is 0. The van der Waals surface area contributed by atoms with E-state index < -0.39 is 17.8 Å². The number of benzene rings is 1. The molecule has 1 aliphatic rings. The molecule has 3 amide bonds. The summed E-state index contributed by atoms with van der Waals surface area (Å²) in [4.78, 5) is 47.2. The minimum atomic E-state index is -0.807. The van der Waals surface area contributed by atoms with Gasteiger partial charge in [-0.2, -0.15) is 0 Å². The van der Waals surface area contributed by atoms with E-state index in [9.17, 15) is 23.6 Å². The van der Waals surface area contributed by atoms with Gasteiger partial charge in [0.25, 0.3) is 5.91 Å². The van der Waals surface area contributed by atoms with Crippen molar-refractivity contribution in [3.8, 4) is 0 Å². The molecule has 1 aromatic rings. The lowest BCUT2D eigenvalue weighted by Crippen LogP contribution is -2.43. The number of likely N-dealkylation sites (tertiary alicyclic amines) is 1. The van der Waals surface area contributed by atoms with E-state index in [0.717, 1.165) is 12.5 Å². The lowest BCUT2D eigenvalue weighted by molar-refractivity contribution is -0.133. The average molecular weight is 335 g/mol. The second kappa shape index (κ2) is 7.67. The fourth-order valence-corrected chi connectivity index (χ4v) is 2.58. The number of amides is 3. The van der Waals surface area contributed by atoms with Crippen molar-refractivity contribution >= 4 is 29.7 Å². The summed E-state index contributed by atoms with van der Waals surface area (Å²) in [6.07, 6.45) is 2.07. The summed E-state index contributed by atoms with van der Waals surface area (Å²) < 4.78 is 13.9. The van der Waals surface area contributed by atoms with Crippen LogP contribution in [0.2, 0.25) is 0 Å². The van der Waals surface area contributed by atoms with E-state index in [1.165, 1.54) is 24.0 Å². The number of nitrogens with one attached hydrogen (secondary N) is 2. The summed E-state index contributed by atoms with van der Waals surface area (Å²) in [5.41, 5.74) is 0.00350. The molecule has 0 unspecified atom stereocenters. The van der Waals surface area contributed by atoms with Crippen molar-refractivity contribution in [3.05, 3.63) is 29.6 Å². The van der Waals surface area contributed by atoms with Crippen molar-refractivity contribution in [1.29, 1.82) is 0 Å². The van der Waals surface area contributed by atoms with Crippen LogP contribution in [0.4, 0.5) is 10.1 Å². The fourth-order valence-electron chi connectivity index (χ4n) is 2.58. The number of hydrogen-bond acceptors (Lipinski definition) is 4. The quantitative estimate of drug-likeness (QED) is 0.775. The summed E-state index contributed by atoms with van der Waals surface area (Å²) in [6.45, 7) is 1.45. The molecule has 1 atom stereocenters. The highest BCUT2D eigenvalue weighted by molar-refractivity contribution is 5.97. The Balaban J connectivity index is 1.96. The van der Waals surface area contributed by atoms with Gasteiger partial charge in [0.1, 0.15) is 12.1 Å². The van der Waals surface area contributed by atoms with Crippen molar-refractivity contribution in [1.82, 2.24) is 10.2 Å². The van der Waals surface area contributed by atoms with Crippen LogP contribution in [0.25, 0.3) is 0 Å². The van der Waals surface area contributed by atoms with Gasteiger partial charge in [-0.25, -0.2) is 4.39 Å². The third-order valence-corrected chi connectivity index (χ3v) is 3.71. The van der Waals surface area contributed by atoms with Crippen molar-refractivity contribution < 1.29 is 23.6 Å². The molecule has 0 saturated carbocycles. The molecule has 1 aromatic carbocycles. The largest absolute Gasteiger partial charge is 0.343 e. The van der Waals surface area contributed by atoms with Gasteiger partial charge >= 0.3 is 0 Å². The smallest absolute Gasteiger partial charge is 0.254 e. The molecule has 0 radical (unpaired) electrons. The first-order chi connectivity index (χ1) is 11.4. The normalized spacial score (nSPS) is 16.6. The second-order valence-electron chi connectivity index (χ2n) is 5.49. The second-order valence-corrected chi connectivity index (χ2v) is 5.49. The van der Waals surface area contributed by atoms with Gasteiger partial charge in [-0.3, -0.25) is 14.4 Å². The van der Waals surface area contributed by atoms with E-state index in [0.29, 0.717) is 19.3 Å². The zero-order valence-corrected chi connectivity index (χ0v) is 13.2. The van der Waals surface area contributed by atoms with Crippen LogP contribution in [-0.4, -0.2) is 48.0 Å². The summed E-state index contributed by atoms with van der Waals surface area (Å²) in [5.74, 6) is -2.28. The predicted molar refractivity (Wildman–Crippen MR) is 83.8 cm³/mol. The number of hydrogen-bond donors (Lipinski definition) is 2. The Morgan fingerprint density at radius 1 is 1.38 bits per heavy atom. The minimum Gasteiger partial charge on any atom is -0.343 e. The van der Waals surface area contributed by atoms with Crippen molar-refractivity contribution in [3.63, 3.8) is 0 Å². The van der Waals surface area contributed by atoms with Crippen molar-refractivity contribution in [2.75, 3.05) is 18.4 Å². The SMILES string of the molecule is CC(=O)Nc1ccc(C(=O)NCC(=O)N2CCC[C@H]2C=O)c(F)c1. The monoisotopic (exact) mass is 335 g/mol. The van der Waals surface area contributed by atoms with Crippen LogP contribution in [0.3, 0.4) is 0 Å². The fraction of sp³-hybridized carbons (Fsp3) is 0.375. The van der Waals surface area contributed by atoms with Gasteiger partial charge in [0, 0.05) is 19.2 Å². The van der Waals surface area contributed by atoms with E-state index in [1.807, 2.05) is 0 Å². The predicted octanol–water partition coefficient (Wildman–Crippen LogP) is 0.704.